The Morgan fingerprint density at radius 1 is 1.06 bits per heavy atom. The van der Waals surface area contributed by atoms with E-state index in [2.05, 4.69) is 15.8 Å². The summed E-state index contributed by atoms with van der Waals surface area (Å²) >= 11 is 1.34. The molecule has 0 bridgehead atoms. The number of amides is 2. The number of nitrogens with one attached hydrogen (secondary N) is 2. The van der Waals surface area contributed by atoms with Crippen LogP contribution in [0, 0.1) is 5.82 Å². The van der Waals surface area contributed by atoms with Crippen molar-refractivity contribution in [3.05, 3.63) is 71.0 Å². The topological polar surface area (TPSA) is 97.4 Å². The van der Waals surface area contributed by atoms with Gasteiger partial charge in [0.15, 0.2) is 11.9 Å². The van der Waals surface area contributed by atoms with E-state index in [9.17, 15) is 18.8 Å². The third-order valence-electron chi connectivity index (χ3n) is 4.25. The Morgan fingerprint density at radius 3 is 2.39 bits per heavy atom. The average molecular weight is 441 g/mol. The fourth-order valence-electron chi connectivity index (χ4n) is 2.58. The van der Waals surface area contributed by atoms with Crippen LogP contribution >= 0.6 is 11.3 Å². The predicted octanol–water partition coefficient (Wildman–Crippen LogP) is 3.31. The molecule has 1 atom stereocenters. The van der Waals surface area contributed by atoms with Crippen molar-refractivity contribution in [2.45, 2.75) is 26.4 Å². The summed E-state index contributed by atoms with van der Waals surface area (Å²) in [6.07, 6.45) is -0.896. The molecule has 160 valence electrons. The Balaban J connectivity index is 1.47. The van der Waals surface area contributed by atoms with Crippen LogP contribution in [0.1, 0.15) is 29.9 Å². The molecule has 2 aromatic carbocycles. The van der Waals surface area contributed by atoms with Crippen LogP contribution in [-0.4, -0.2) is 28.7 Å². The number of halogens is 1. The van der Waals surface area contributed by atoms with E-state index in [4.69, 9.17) is 4.74 Å². The number of thiazole rings is 1. The quantitative estimate of drug-likeness (QED) is 0.433. The minimum atomic E-state index is -0.868. The van der Waals surface area contributed by atoms with Crippen molar-refractivity contribution in [2.75, 3.05) is 0 Å². The van der Waals surface area contributed by atoms with E-state index < -0.39 is 17.9 Å². The Hall–Kier alpha value is -3.59. The number of carbonyl (C=O) groups excluding carboxylic acids is 3. The zero-order chi connectivity index (χ0) is 22.4. The summed E-state index contributed by atoms with van der Waals surface area (Å²) < 4.78 is 18.5. The molecule has 0 saturated carbocycles. The number of hydrogen-bond donors (Lipinski definition) is 2. The number of benzene rings is 2. The van der Waals surface area contributed by atoms with Crippen LogP contribution in [0.25, 0.3) is 10.6 Å². The third kappa shape index (κ3) is 6.19. The van der Waals surface area contributed by atoms with Crippen molar-refractivity contribution in [3.63, 3.8) is 0 Å². The summed E-state index contributed by atoms with van der Waals surface area (Å²) in [6.45, 7) is 3.00. The fraction of sp³-hybridized carbons (Fsp3) is 0.182. The van der Waals surface area contributed by atoms with Crippen molar-refractivity contribution in [2.24, 2.45) is 0 Å². The summed E-state index contributed by atoms with van der Waals surface area (Å²) in [5.74, 6) is -0.946. The molecule has 0 aliphatic carbocycles. The van der Waals surface area contributed by atoms with Gasteiger partial charge in [-0.15, -0.1) is 11.3 Å². The first-order chi connectivity index (χ1) is 14.8. The van der Waals surface area contributed by atoms with Crippen molar-refractivity contribution in [1.29, 1.82) is 0 Å². The number of aromatic nitrogens is 1. The van der Waals surface area contributed by atoms with Crippen molar-refractivity contribution in [1.82, 2.24) is 15.8 Å². The summed E-state index contributed by atoms with van der Waals surface area (Å²) in [6, 6.07) is 12.3. The highest BCUT2D eigenvalue weighted by atomic mass is 32.1. The van der Waals surface area contributed by atoms with Gasteiger partial charge in [-0.1, -0.05) is 0 Å². The normalized spacial score (nSPS) is 11.5. The fourth-order valence-corrected chi connectivity index (χ4v) is 3.41. The monoisotopic (exact) mass is 441 g/mol. The SMILES string of the molecule is CC(=O)c1ccc(O[C@@H](C)C(=O)NNC(=O)Cc2csc(-c3ccc(F)cc3)n2)cc1. The lowest BCUT2D eigenvalue weighted by molar-refractivity contribution is -0.132. The summed E-state index contributed by atoms with van der Waals surface area (Å²) in [7, 11) is 0. The maximum atomic E-state index is 13.0. The predicted molar refractivity (Wildman–Crippen MR) is 114 cm³/mol. The molecule has 9 heteroatoms. The van der Waals surface area contributed by atoms with Gasteiger partial charge in [-0.05, 0) is 62.4 Å². The summed E-state index contributed by atoms with van der Waals surface area (Å²) in [5, 5.41) is 2.40. The van der Waals surface area contributed by atoms with Gasteiger partial charge in [-0.25, -0.2) is 9.37 Å². The number of Topliss-reactive ketones (excluding diaryl/α,β-unsaturated/α-hetero) is 1. The Morgan fingerprint density at radius 2 is 1.74 bits per heavy atom. The first kappa shape index (κ1) is 22.1. The number of nitrogens with zero attached hydrogens (tertiary/aromatic N) is 1. The molecule has 0 radical (unpaired) electrons. The molecule has 2 amide bonds. The van der Waals surface area contributed by atoms with E-state index in [1.165, 1.54) is 37.3 Å². The molecule has 1 heterocycles. The molecule has 2 N–H and O–H groups in total. The van der Waals surface area contributed by atoms with Crippen LogP contribution in [-0.2, 0) is 16.0 Å². The second kappa shape index (κ2) is 9.94. The van der Waals surface area contributed by atoms with Crippen LogP contribution in [0.4, 0.5) is 4.39 Å². The summed E-state index contributed by atoms with van der Waals surface area (Å²) in [4.78, 5) is 39.9. The van der Waals surface area contributed by atoms with Crippen molar-refractivity contribution >= 4 is 28.9 Å². The molecule has 0 aliphatic rings. The minimum Gasteiger partial charge on any atom is -0.481 e. The van der Waals surface area contributed by atoms with Crippen LogP contribution < -0.4 is 15.6 Å². The van der Waals surface area contributed by atoms with Crippen LogP contribution in [0.15, 0.2) is 53.9 Å². The van der Waals surface area contributed by atoms with E-state index >= 15 is 0 Å². The highest BCUT2D eigenvalue weighted by Gasteiger charge is 2.16. The molecule has 0 spiro atoms. The number of carbonyl (C=O) groups is 3. The highest BCUT2D eigenvalue weighted by Crippen LogP contribution is 2.24. The van der Waals surface area contributed by atoms with Gasteiger partial charge in [-0.2, -0.15) is 0 Å². The van der Waals surface area contributed by atoms with Gasteiger partial charge in [-0.3, -0.25) is 25.2 Å². The molecule has 0 fully saturated rings. The Labute approximate surface area is 182 Å². The van der Waals surface area contributed by atoms with E-state index in [0.717, 1.165) is 5.56 Å². The molecule has 0 unspecified atom stereocenters. The van der Waals surface area contributed by atoms with Gasteiger partial charge in [0.05, 0.1) is 12.1 Å². The molecule has 31 heavy (non-hydrogen) atoms. The smallest absolute Gasteiger partial charge is 0.279 e. The van der Waals surface area contributed by atoms with Crippen molar-refractivity contribution in [3.8, 4) is 16.3 Å². The van der Waals surface area contributed by atoms with Gasteiger partial charge < -0.3 is 4.74 Å². The number of ketones is 1. The van der Waals surface area contributed by atoms with E-state index in [0.29, 0.717) is 22.0 Å². The third-order valence-corrected chi connectivity index (χ3v) is 5.19. The molecule has 1 aromatic heterocycles. The Bertz CT molecular complexity index is 1080. The maximum absolute atomic E-state index is 13.0. The molecule has 7 nitrogen and oxygen atoms in total. The van der Waals surface area contributed by atoms with E-state index in [1.54, 1.807) is 41.8 Å². The van der Waals surface area contributed by atoms with Gasteiger partial charge in [0.1, 0.15) is 16.6 Å². The number of rotatable bonds is 7. The largest absolute Gasteiger partial charge is 0.481 e. The zero-order valence-corrected chi connectivity index (χ0v) is 17.7. The molecule has 3 aromatic rings. The zero-order valence-electron chi connectivity index (χ0n) is 16.8. The van der Waals surface area contributed by atoms with E-state index in [-0.39, 0.29) is 18.0 Å². The molecule has 0 aliphatic heterocycles. The summed E-state index contributed by atoms with van der Waals surface area (Å²) in [5.41, 5.74) is 6.48. The highest BCUT2D eigenvalue weighted by molar-refractivity contribution is 7.13. The first-order valence-electron chi connectivity index (χ1n) is 9.38. The number of hydrazine groups is 1. The molecule has 3 rings (SSSR count). The maximum Gasteiger partial charge on any atom is 0.279 e. The lowest BCUT2D eigenvalue weighted by atomic mass is 10.1. The first-order valence-corrected chi connectivity index (χ1v) is 10.3. The van der Waals surface area contributed by atoms with Gasteiger partial charge in [0.25, 0.3) is 5.91 Å². The van der Waals surface area contributed by atoms with Crippen LogP contribution in [0.2, 0.25) is 0 Å². The number of ether oxygens (including phenoxy) is 1. The van der Waals surface area contributed by atoms with Crippen molar-refractivity contribution < 1.29 is 23.5 Å². The second-order valence-electron chi connectivity index (χ2n) is 6.71. The molecular weight excluding hydrogens is 421 g/mol. The molecular formula is C22H20FN3O4S. The van der Waals surface area contributed by atoms with Gasteiger partial charge in [0.2, 0.25) is 5.91 Å². The average Bonchev–Trinajstić information content (AvgIpc) is 3.21. The lowest BCUT2D eigenvalue weighted by Crippen LogP contribution is -2.47. The minimum absolute atomic E-state index is 0.0281. The number of hydrogen-bond acceptors (Lipinski definition) is 6. The second-order valence-corrected chi connectivity index (χ2v) is 7.56. The Kier molecular flexibility index (Phi) is 7.09. The van der Waals surface area contributed by atoms with E-state index in [1.807, 2.05) is 0 Å². The molecule has 0 saturated heterocycles. The standard InChI is InChI=1S/C22H20FN3O4S/c1-13(27)15-5-9-19(10-6-15)30-14(2)21(29)26-25-20(28)11-18-12-31-22(24-18)16-3-7-17(23)8-4-16/h3-10,12,14H,11H2,1-2H3,(H,25,28)(H,26,29)/t14-/m0/s1. The van der Waals surface area contributed by atoms with Crippen LogP contribution in [0.3, 0.4) is 0 Å². The van der Waals surface area contributed by atoms with Crippen LogP contribution in [0.5, 0.6) is 5.75 Å². The lowest BCUT2D eigenvalue weighted by Gasteiger charge is -2.15. The van der Waals surface area contributed by atoms with Gasteiger partial charge >= 0.3 is 0 Å². The van der Waals surface area contributed by atoms with Gasteiger partial charge in [0, 0.05) is 16.5 Å².